The van der Waals surface area contributed by atoms with Crippen LogP contribution in [0.15, 0.2) is 33.2 Å². The second kappa shape index (κ2) is 10.4. The minimum Gasteiger partial charge on any atom is -0.463 e. The molecule has 0 fully saturated rings. The van der Waals surface area contributed by atoms with Crippen LogP contribution in [0.5, 0.6) is 0 Å². The van der Waals surface area contributed by atoms with Gasteiger partial charge in [0.05, 0.1) is 29.6 Å². The van der Waals surface area contributed by atoms with Gasteiger partial charge in [-0.25, -0.2) is 9.59 Å². The van der Waals surface area contributed by atoms with Gasteiger partial charge in [0.1, 0.15) is 0 Å². The normalized spacial score (nSPS) is 16.5. The van der Waals surface area contributed by atoms with Gasteiger partial charge in [0.2, 0.25) is 5.89 Å². The van der Waals surface area contributed by atoms with Crippen LogP contribution < -0.4 is 10.6 Å². The Labute approximate surface area is 179 Å². The van der Waals surface area contributed by atoms with Crippen molar-refractivity contribution in [1.82, 2.24) is 25.7 Å². The van der Waals surface area contributed by atoms with E-state index in [-0.39, 0.29) is 18.7 Å². The van der Waals surface area contributed by atoms with E-state index in [0.717, 1.165) is 17.8 Å². The number of carbonyl (C=O) groups is 2. The fourth-order valence-electron chi connectivity index (χ4n) is 3.35. The Balaban J connectivity index is 1.82. The third-order valence-electron chi connectivity index (χ3n) is 4.63. The summed E-state index contributed by atoms with van der Waals surface area (Å²) in [5.41, 5.74) is 1.01. The summed E-state index contributed by atoms with van der Waals surface area (Å²) in [7, 11) is 0. The fraction of sp³-hybridized carbons (Fsp3) is 0.500. The number of carbonyl (C=O) groups excluding carboxylic acids is 2. The summed E-state index contributed by atoms with van der Waals surface area (Å²) in [6.45, 7) is 7.52. The maximum Gasteiger partial charge on any atom is 0.337 e. The summed E-state index contributed by atoms with van der Waals surface area (Å²) in [6, 6.07) is 3.15. The number of thiophene rings is 1. The van der Waals surface area contributed by atoms with Crippen molar-refractivity contribution in [2.75, 3.05) is 19.7 Å². The number of esters is 1. The molecule has 0 saturated heterocycles. The van der Waals surface area contributed by atoms with Gasteiger partial charge in [-0.15, -0.1) is 21.5 Å². The van der Waals surface area contributed by atoms with E-state index in [1.165, 1.54) is 11.3 Å². The van der Waals surface area contributed by atoms with Gasteiger partial charge in [0.15, 0.2) is 0 Å². The molecular weight excluding hydrogens is 406 g/mol. The molecule has 0 saturated carbocycles. The van der Waals surface area contributed by atoms with Crippen molar-refractivity contribution in [2.45, 2.75) is 46.2 Å². The maximum absolute atomic E-state index is 12.6. The van der Waals surface area contributed by atoms with E-state index >= 15 is 0 Å². The Hall–Kier alpha value is -2.72. The molecule has 3 heterocycles. The molecule has 162 valence electrons. The fourth-order valence-corrected chi connectivity index (χ4v) is 3.99. The molecule has 0 radical (unpaired) electrons. The van der Waals surface area contributed by atoms with Crippen molar-refractivity contribution >= 4 is 23.3 Å². The van der Waals surface area contributed by atoms with Crippen LogP contribution in [-0.2, 0) is 16.1 Å². The lowest BCUT2D eigenvalue weighted by Crippen LogP contribution is -2.52. The first-order chi connectivity index (χ1) is 14.5. The Morgan fingerprint density at radius 3 is 2.80 bits per heavy atom. The Kier molecular flexibility index (Phi) is 7.58. The predicted octanol–water partition coefficient (Wildman–Crippen LogP) is 2.92. The smallest absolute Gasteiger partial charge is 0.337 e. The van der Waals surface area contributed by atoms with Gasteiger partial charge >= 0.3 is 12.0 Å². The minimum absolute atomic E-state index is 0.270. The van der Waals surface area contributed by atoms with Gasteiger partial charge in [-0.1, -0.05) is 19.9 Å². The van der Waals surface area contributed by atoms with Gasteiger partial charge in [0.25, 0.3) is 5.89 Å². The number of hydrogen-bond donors (Lipinski definition) is 2. The second-order valence-corrected chi connectivity index (χ2v) is 7.81. The molecule has 10 heteroatoms. The number of nitrogens with one attached hydrogen (secondary N) is 2. The van der Waals surface area contributed by atoms with E-state index in [1.807, 2.05) is 24.4 Å². The lowest BCUT2D eigenvalue weighted by atomic mass is 10.00. The molecule has 0 aliphatic carbocycles. The molecule has 1 atom stereocenters. The Morgan fingerprint density at radius 1 is 1.30 bits per heavy atom. The quantitative estimate of drug-likeness (QED) is 0.554. The third kappa shape index (κ3) is 5.25. The average molecular weight is 434 g/mol. The lowest BCUT2D eigenvalue weighted by molar-refractivity contribution is -0.139. The largest absolute Gasteiger partial charge is 0.463 e. The van der Waals surface area contributed by atoms with E-state index < -0.39 is 5.97 Å². The highest BCUT2D eigenvalue weighted by atomic mass is 32.1. The summed E-state index contributed by atoms with van der Waals surface area (Å²) in [4.78, 5) is 27.7. The van der Waals surface area contributed by atoms with Crippen molar-refractivity contribution in [3.05, 3.63) is 34.7 Å². The van der Waals surface area contributed by atoms with Crippen LogP contribution in [0.4, 0.5) is 4.79 Å². The van der Waals surface area contributed by atoms with Crippen LogP contribution in [0.25, 0.3) is 10.8 Å². The molecule has 0 spiro atoms. The van der Waals surface area contributed by atoms with E-state index in [0.29, 0.717) is 42.6 Å². The SMILES string of the molecule is CCCN(CC1=C(C(=O)OCC)C(CC)NC(=O)N1)Cc1nnc(-c2cccs2)o1. The van der Waals surface area contributed by atoms with Gasteiger partial charge in [0, 0.05) is 12.2 Å². The molecule has 2 N–H and O–H groups in total. The van der Waals surface area contributed by atoms with Crippen LogP contribution in [-0.4, -0.2) is 52.8 Å². The molecule has 1 aliphatic heterocycles. The summed E-state index contributed by atoms with van der Waals surface area (Å²) in [5, 5.41) is 15.8. The third-order valence-corrected chi connectivity index (χ3v) is 5.48. The number of ether oxygens (including phenoxy) is 1. The van der Waals surface area contributed by atoms with Crippen molar-refractivity contribution in [1.29, 1.82) is 0 Å². The summed E-state index contributed by atoms with van der Waals surface area (Å²) in [6.07, 6.45) is 1.48. The van der Waals surface area contributed by atoms with Crippen molar-refractivity contribution in [2.24, 2.45) is 0 Å². The maximum atomic E-state index is 12.6. The second-order valence-electron chi connectivity index (χ2n) is 6.86. The molecule has 2 aromatic rings. The lowest BCUT2D eigenvalue weighted by Gasteiger charge is -2.31. The zero-order valence-electron chi connectivity index (χ0n) is 17.4. The van der Waals surface area contributed by atoms with E-state index in [9.17, 15) is 9.59 Å². The Morgan fingerprint density at radius 2 is 2.13 bits per heavy atom. The van der Waals surface area contributed by atoms with Crippen molar-refractivity contribution in [3.63, 3.8) is 0 Å². The zero-order chi connectivity index (χ0) is 21.5. The monoisotopic (exact) mass is 433 g/mol. The molecule has 2 amide bonds. The number of urea groups is 1. The highest BCUT2D eigenvalue weighted by Crippen LogP contribution is 2.24. The van der Waals surface area contributed by atoms with Crippen LogP contribution >= 0.6 is 11.3 Å². The van der Waals surface area contributed by atoms with Crippen LogP contribution in [0, 0.1) is 0 Å². The topological polar surface area (TPSA) is 110 Å². The number of nitrogens with zero attached hydrogens (tertiary/aromatic N) is 3. The first-order valence-electron chi connectivity index (χ1n) is 10.1. The van der Waals surface area contributed by atoms with Crippen LogP contribution in [0.2, 0.25) is 0 Å². The molecule has 30 heavy (non-hydrogen) atoms. The summed E-state index contributed by atoms with van der Waals surface area (Å²) >= 11 is 1.53. The van der Waals surface area contributed by atoms with E-state index in [2.05, 4.69) is 32.7 Å². The number of amides is 2. The van der Waals surface area contributed by atoms with Gasteiger partial charge < -0.3 is 19.8 Å². The molecule has 0 aromatic carbocycles. The molecule has 0 bridgehead atoms. The molecular formula is C20H27N5O4S. The van der Waals surface area contributed by atoms with Crippen molar-refractivity contribution < 1.29 is 18.7 Å². The number of aromatic nitrogens is 2. The summed E-state index contributed by atoms with van der Waals surface area (Å²) < 4.78 is 11.0. The first kappa shape index (κ1) is 22.0. The van der Waals surface area contributed by atoms with Gasteiger partial charge in [-0.05, 0) is 37.8 Å². The summed E-state index contributed by atoms with van der Waals surface area (Å²) in [5.74, 6) is 0.558. The predicted molar refractivity (Wildman–Crippen MR) is 113 cm³/mol. The number of rotatable bonds is 10. The molecule has 2 aromatic heterocycles. The molecule has 1 aliphatic rings. The van der Waals surface area contributed by atoms with Crippen LogP contribution in [0.3, 0.4) is 0 Å². The van der Waals surface area contributed by atoms with E-state index in [1.54, 1.807) is 6.92 Å². The highest BCUT2D eigenvalue weighted by molar-refractivity contribution is 7.13. The highest BCUT2D eigenvalue weighted by Gasteiger charge is 2.32. The standard InChI is InChI=1S/C20H27N5O4S/c1-4-9-25(12-16-23-24-18(29-16)15-8-7-10-30-15)11-14-17(19(26)28-6-3)13(5-2)21-20(27)22-14/h7-8,10,13H,4-6,9,11-12H2,1-3H3,(H2,21,22,27). The molecule has 1 unspecified atom stereocenters. The molecule has 3 rings (SSSR count). The van der Waals surface area contributed by atoms with Crippen LogP contribution in [0.1, 0.15) is 39.5 Å². The Bertz CT molecular complexity index is 893. The zero-order valence-corrected chi connectivity index (χ0v) is 18.3. The average Bonchev–Trinajstić information content (AvgIpc) is 3.39. The van der Waals surface area contributed by atoms with Crippen molar-refractivity contribution in [3.8, 4) is 10.8 Å². The molecule has 9 nitrogen and oxygen atoms in total. The van der Waals surface area contributed by atoms with E-state index in [4.69, 9.17) is 9.15 Å². The van der Waals surface area contributed by atoms with Gasteiger partial charge in [-0.2, -0.15) is 0 Å². The first-order valence-corrected chi connectivity index (χ1v) is 11.0. The minimum atomic E-state index is -0.416. The number of hydrogen-bond acceptors (Lipinski definition) is 8. The van der Waals surface area contributed by atoms with Gasteiger partial charge in [-0.3, -0.25) is 4.90 Å².